The van der Waals surface area contributed by atoms with E-state index >= 15 is 0 Å². The van der Waals surface area contributed by atoms with Gasteiger partial charge in [-0.1, -0.05) is 22.9 Å². The highest BCUT2D eigenvalue weighted by atomic mass is 79.9. The molecule has 0 saturated carbocycles. The third-order valence-electron chi connectivity index (χ3n) is 1.06. The van der Waals surface area contributed by atoms with Crippen molar-refractivity contribution >= 4 is 21.9 Å². The third-order valence-corrected chi connectivity index (χ3v) is 2.03. The molecule has 0 aromatic heterocycles. The topological polar surface area (TPSA) is 26.3 Å². The first-order chi connectivity index (χ1) is 4.20. The van der Waals surface area contributed by atoms with E-state index in [1.54, 1.807) is 0 Å². The van der Waals surface area contributed by atoms with Gasteiger partial charge in [0.05, 0.1) is 13.5 Å². The van der Waals surface area contributed by atoms with Crippen LogP contribution in [0.25, 0.3) is 0 Å². The van der Waals surface area contributed by atoms with Crippen molar-refractivity contribution in [1.29, 1.82) is 0 Å². The predicted octanol–water partition coefficient (Wildman–Crippen LogP) is 1.72. The first kappa shape index (κ1) is 8.95. The highest BCUT2D eigenvalue weighted by molar-refractivity contribution is 9.09. The maximum absolute atomic E-state index is 10.5. The van der Waals surface area contributed by atoms with Crippen molar-refractivity contribution in [2.45, 2.75) is 24.6 Å². The van der Waals surface area contributed by atoms with Crippen LogP contribution in [0.3, 0.4) is 0 Å². The van der Waals surface area contributed by atoms with Gasteiger partial charge in [0, 0.05) is 4.83 Å². The number of hydrogen-bond acceptors (Lipinski definition) is 2. The summed E-state index contributed by atoms with van der Waals surface area (Å²) in [6, 6.07) is 0. The number of methoxy groups -OCH3 is 1. The molecule has 2 nitrogen and oxygen atoms in total. The van der Waals surface area contributed by atoms with Gasteiger partial charge in [0.25, 0.3) is 0 Å². The van der Waals surface area contributed by atoms with Gasteiger partial charge in [0.15, 0.2) is 0 Å². The van der Waals surface area contributed by atoms with Gasteiger partial charge in [-0.05, 0) is 6.42 Å². The van der Waals surface area contributed by atoms with Crippen molar-refractivity contribution < 1.29 is 9.53 Å². The molecule has 9 heavy (non-hydrogen) atoms. The lowest BCUT2D eigenvalue weighted by Gasteiger charge is -2.02. The molecule has 0 saturated heterocycles. The summed E-state index contributed by atoms with van der Waals surface area (Å²) in [6.45, 7) is 2.02. The minimum absolute atomic E-state index is 0.154. The molecule has 54 valence electrons. The Morgan fingerprint density at radius 1 is 1.78 bits per heavy atom. The second-order valence-electron chi connectivity index (χ2n) is 1.79. The maximum atomic E-state index is 10.5. The Morgan fingerprint density at radius 2 is 2.33 bits per heavy atom. The van der Waals surface area contributed by atoms with Gasteiger partial charge in [0.2, 0.25) is 0 Å². The number of ether oxygens (including phenoxy) is 1. The molecular weight excluding hydrogens is 184 g/mol. The molecule has 0 amide bonds. The third kappa shape index (κ3) is 4.45. The first-order valence-electron chi connectivity index (χ1n) is 2.91. The van der Waals surface area contributed by atoms with Crippen LogP contribution in [-0.4, -0.2) is 17.9 Å². The Kier molecular flexibility index (Phi) is 4.77. The van der Waals surface area contributed by atoms with Crippen molar-refractivity contribution in [3.63, 3.8) is 0 Å². The minimum Gasteiger partial charge on any atom is -0.469 e. The molecule has 0 heterocycles. The van der Waals surface area contributed by atoms with Gasteiger partial charge in [-0.3, -0.25) is 4.79 Å². The average Bonchev–Trinajstić information content (AvgIpc) is 1.87. The quantitative estimate of drug-likeness (QED) is 0.506. The lowest BCUT2D eigenvalue weighted by molar-refractivity contribution is -0.140. The van der Waals surface area contributed by atoms with Crippen molar-refractivity contribution in [2.24, 2.45) is 0 Å². The SMILES string of the molecule is CCC(Br)CC(=O)OC. The molecule has 0 aromatic carbocycles. The Bertz CT molecular complexity index is 93.1. The second kappa shape index (κ2) is 4.79. The van der Waals surface area contributed by atoms with E-state index in [2.05, 4.69) is 20.7 Å². The summed E-state index contributed by atoms with van der Waals surface area (Å²) in [6.07, 6.45) is 1.42. The molecule has 3 heteroatoms. The van der Waals surface area contributed by atoms with Gasteiger partial charge < -0.3 is 4.74 Å². The Balaban J connectivity index is 3.34. The van der Waals surface area contributed by atoms with E-state index in [9.17, 15) is 4.79 Å². The van der Waals surface area contributed by atoms with E-state index in [0.717, 1.165) is 6.42 Å². The van der Waals surface area contributed by atoms with Crippen LogP contribution < -0.4 is 0 Å². The van der Waals surface area contributed by atoms with E-state index < -0.39 is 0 Å². The summed E-state index contributed by atoms with van der Waals surface area (Å²) in [5, 5.41) is 0. The highest BCUT2D eigenvalue weighted by Gasteiger charge is 2.06. The number of halogens is 1. The predicted molar refractivity (Wildman–Crippen MR) is 39.6 cm³/mol. The summed E-state index contributed by atoms with van der Waals surface area (Å²) in [5.41, 5.74) is 0. The molecule has 0 aliphatic carbocycles. The standard InChI is InChI=1S/C6H11BrO2/c1-3-5(7)4-6(8)9-2/h5H,3-4H2,1-2H3. The van der Waals surface area contributed by atoms with Gasteiger partial charge in [-0.15, -0.1) is 0 Å². The van der Waals surface area contributed by atoms with Crippen LogP contribution in [0, 0.1) is 0 Å². The zero-order chi connectivity index (χ0) is 7.28. The molecule has 0 rings (SSSR count). The average molecular weight is 195 g/mol. The van der Waals surface area contributed by atoms with Gasteiger partial charge in [-0.2, -0.15) is 0 Å². The number of carbonyl (C=O) groups excluding carboxylic acids is 1. The van der Waals surface area contributed by atoms with Crippen molar-refractivity contribution in [3.05, 3.63) is 0 Å². The van der Waals surface area contributed by atoms with Gasteiger partial charge in [0.1, 0.15) is 0 Å². The maximum Gasteiger partial charge on any atom is 0.306 e. The lowest BCUT2D eigenvalue weighted by atomic mass is 10.2. The Hall–Kier alpha value is -0.0500. The molecule has 0 N–H and O–H groups in total. The fraction of sp³-hybridized carbons (Fsp3) is 0.833. The van der Waals surface area contributed by atoms with Crippen LogP contribution in [0.4, 0.5) is 0 Å². The molecule has 1 atom stereocenters. The number of carbonyl (C=O) groups is 1. The molecule has 0 aliphatic rings. The molecule has 0 bridgehead atoms. The molecule has 0 spiro atoms. The molecule has 0 radical (unpaired) electrons. The second-order valence-corrected chi connectivity index (χ2v) is 3.08. The van der Waals surface area contributed by atoms with Gasteiger partial charge >= 0.3 is 5.97 Å². The number of alkyl halides is 1. The summed E-state index contributed by atoms with van der Waals surface area (Å²) in [5.74, 6) is -0.154. The summed E-state index contributed by atoms with van der Waals surface area (Å²) in [4.78, 5) is 10.8. The molecule has 0 aromatic rings. The normalized spacial score (nSPS) is 12.8. The monoisotopic (exact) mass is 194 g/mol. The van der Waals surface area contributed by atoms with Crippen molar-refractivity contribution in [3.8, 4) is 0 Å². The van der Waals surface area contributed by atoms with Crippen LogP contribution in [0.5, 0.6) is 0 Å². The molecule has 0 aliphatic heterocycles. The summed E-state index contributed by atoms with van der Waals surface area (Å²) in [7, 11) is 1.40. The summed E-state index contributed by atoms with van der Waals surface area (Å²) >= 11 is 3.32. The van der Waals surface area contributed by atoms with E-state index in [0.29, 0.717) is 6.42 Å². The molecular formula is C6H11BrO2. The van der Waals surface area contributed by atoms with Crippen LogP contribution in [-0.2, 0) is 9.53 Å². The zero-order valence-corrected chi connectivity index (χ0v) is 7.27. The number of hydrogen-bond donors (Lipinski definition) is 0. The minimum atomic E-state index is -0.154. The van der Waals surface area contributed by atoms with E-state index in [-0.39, 0.29) is 10.8 Å². The van der Waals surface area contributed by atoms with Crippen LogP contribution in [0.2, 0.25) is 0 Å². The number of esters is 1. The smallest absolute Gasteiger partial charge is 0.306 e. The van der Waals surface area contributed by atoms with Crippen LogP contribution >= 0.6 is 15.9 Å². The largest absolute Gasteiger partial charge is 0.469 e. The summed E-state index contributed by atoms with van der Waals surface area (Å²) < 4.78 is 4.45. The van der Waals surface area contributed by atoms with Gasteiger partial charge in [-0.25, -0.2) is 0 Å². The number of rotatable bonds is 3. The van der Waals surface area contributed by atoms with E-state index in [1.807, 2.05) is 6.92 Å². The zero-order valence-electron chi connectivity index (χ0n) is 5.69. The fourth-order valence-electron chi connectivity index (χ4n) is 0.409. The first-order valence-corrected chi connectivity index (χ1v) is 3.83. The van der Waals surface area contributed by atoms with Crippen molar-refractivity contribution in [1.82, 2.24) is 0 Å². The van der Waals surface area contributed by atoms with E-state index in [1.165, 1.54) is 7.11 Å². The van der Waals surface area contributed by atoms with Crippen molar-refractivity contribution in [2.75, 3.05) is 7.11 Å². The van der Waals surface area contributed by atoms with Crippen LogP contribution in [0.1, 0.15) is 19.8 Å². The lowest BCUT2D eigenvalue weighted by Crippen LogP contribution is -2.07. The van der Waals surface area contributed by atoms with Crippen LogP contribution in [0.15, 0.2) is 0 Å². The Labute approximate surface area is 63.7 Å². The fourth-order valence-corrected chi connectivity index (χ4v) is 0.673. The molecule has 1 unspecified atom stereocenters. The Morgan fingerprint density at radius 3 is 2.67 bits per heavy atom. The highest BCUT2D eigenvalue weighted by Crippen LogP contribution is 2.09. The van der Waals surface area contributed by atoms with E-state index in [4.69, 9.17) is 0 Å². The molecule has 0 fully saturated rings.